The third-order valence-electron chi connectivity index (χ3n) is 3.77. The van der Waals surface area contributed by atoms with E-state index in [1.165, 1.54) is 10.4 Å². The van der Waals surface area contributed by atoms with E-state index >= 15 is 0 Å². The van der Waals surface area contributed by atoms with Crippen LogP contribution in [0.5, 0.6) is 5.75 Å². The molecule has 110 valence electrons. The van der Waals surface area contributed by atoms with Gasteiger partial charge in [0.05, 0.1) is 17.6 Å². The van der Waals surface area contributed by atoms with Crippen LogP contribution in [0.25, 0.3) is 0 Å². The van der Waals surface area contributed by atoms with Crippen molar-refractivity contribution in [1.29, 1.82) is 0 Å². The Morgan fingerprint density at radius 3 is 3.05 bits per heavy atom. The zero-order valence-electron chi connectivity index (χ0n) is 11.7. The van der Waals surface area contributed by atoms with Crippen molar-refractivity contribution in [2.75, 3.05) is 7.11 Å². The van der Waals surface area contributed by atoms with Crippen molar-refractivity contribution in [3.63, 3.8) is 0 Å². The average molecular weight is 366 g/mol. The fourth-order valence-corrected chi connectivity index (χ4v) is 4.21. The lowest BCUT2D eigenvalue weighted by Gasteiger charge is -2.23. The van der Waals surface area contributed by atoms with E-state index in [0.29, 0.717) is 5.56 Å². The standard InChI is InChI=1S/C16H16BrNO2S/c1-20-14-6-5-10(9-12(14)17)16(19)18-13-3-2-4-15-11(13)7-8-21-15/h5-9,13H,2-4H2,1H3,(H,18,19). The summed E-state index contributed by atoms with van der Waals surface area (Å²) in [6.07, 6.45) is 3.27. The summed E-state index contributed by atoms with van der Waals surface area (Å²) in [7, 11) is 1.61. The lowest BCUT2D eigenvalue weighted by molar-refractivity contribution is 0.0933. The summed E-state index contributed by atoms with van der Waals surface area (Å²) in [6, 6.07) is 7.65. The minimum atomic E-state index is -0.0394. The quantitative estimate of drug-likeness (QED) is 0.878. The first kappa shape index (κ1) is 14.6. The Hall–Kier alpha value is -1.33. The van der Waals surface area contributed by atoms with Crippen LogP contribution < -0.4 is 10.1 Å². The number of fused-ring (bicyclic) bond motifs is 1. The molecular weight excluding hydrogens is 350 g/mol. The van der Waals surface area contributed by atoms with E-state index in [2.05, 4.69) is 32.7 Å². The first-order valence-corrected chi connectivity index (χ1v) is 8.57. The Morgan fingerprint density at radius 2 is 2.29 bits per heavy atom. The van der Waals surface area contributed by atoms with Gasteiger partial charge in [-0.25, -0.2) is 0 Å². The van der Waals surface area contributed by atoms with Crippen LogP contribution in [0.3, 0.4) is 0 Å². The van der Waals surface area contributed by atoms with Crippen molar-refractivity contribution >= 4 is 33.2 Å². The maximum Gasteiger partial charge on any atom is 0.251 e. The maximum absolute atomic E-state index is 12.4. The Kier molecular flexibility index (Phi) is 4.31. The van der Waals surface area contributed by atoms with Crippen LogP contribution in [0.15, 0.2) is 34.1 Å². The van der Waals surface area contributed by atoms with Crippen LogP contribution >= 0.6 is 27.3 Å². The minimum Gasteiger partial charge on any atom is -0.496 e. The van der Waals surface area contributed by atoms with Gasteiger partial charge < -0.3 is 10.1 Å². The molecular formula is C16H16BrNO2S. The predicted octanol–water partition coefficient (Wildman–Crippen LogP) is 4.33. The molecule has 1 amide bonds. The van der Waals surface area contributed by atoms with E-state index < -0.39 is 0 Å². The van der Waals surface area contributed by atoms with Gasteiger partial charge in [-0.05, 0) is 70.4 Å². The molecule has 1 N–H and O–H groups in total. The highest BCUT2D eigenvalue weighted by molar-refractivity contribution is 9.10. The molecule has 0 fully saturated rings. The predicted molar refractivity (Wildman–Crippen MR) is 88.2 cm³/mol. The van der Waals surface area contributed by atoms with Gasteiger partial charge in [0.25, 0.3) is 5.91 Å². The molecule has 0 radical (unpaired) electrons. The zero-order valence-corrected chi connectivity index (χ0v) is 14.1. The molecule has 0 saturated carbocycles. The first-order valence-electron chi connectivity index (χ1n) is 6.89. The molecule has 1 atom stereocenters. The van der Waals surface area contributed by atoms with Gasteiger partial charge in [0.15, 0.2) is 0 Å². The average Bonchev–Trinajstić information content (AvgIpc) is 2.96. The molecule has 1 aliphatic carbocycles. The Labute approximate surface area is 136 Å². The number of ether oxygens (including phenoxy) is 1. The van der Waals surface area contributed by atoms with Crippen molar-refractivity contribution in [3.8, 4) is 5.75 Å². The third-order valence-corrected chi connectivity index (χ3v) is 5.39. The number of rotatable bonds is 3. The normalized spacial score (nSPS) is 17.1. The summed E-state index contributed by atoms with van der Waals surface area (Å²) in [5, 5.41) is 5.26. The third kappa shape index (κ3) is 2.99. The zero-order chi connectivity index (χ0) is 14.8. The summed E-state index contributed by atoms with van der Waals surface area (Å²) in [5.74, 6) is 0.687. The Morgan fingerprint density at radius 1 is 1.43 bits per heavy atom. The van der Waals surface area contributed by atoms with Gasteiger partial charge in [0.2, 0.25) is 0 Å². The van der Waals surface area contributed by atoms with E-state index in [-0.39, 0.29) is 11.9 Å². The van der Waals surface area contributed by atoms with E-state index in [9.17, 15) is 4.79 Å². The van der Waals surface area contributed by atoms with Gasteiger partial charge in [-0.1, -0.05) is 0 Å². The van der Waals surface area contributed by atoms with Crippen LogP contribution in [0.2, 0.25) is 0 Å². The van der Waals surface area contributed by atoms with Crippen molar-refractivity contribution in [2.45, 2.75) is 25.3 Å². The van der Waals surface area contributed by atoms with Gasteiger partial charge >= 0.3 is 0 Å². The monoisotopic (exact) mass is 365 g/mol. The second-order valence-corrected chi connectivity index (χ2v) is 6.92. The smallest absolute Gasteiger partial charge is 0.251 e. The highest BCUT2D eigenvalue weighted by Gasteiger charge is 2.23. The molecule has 21 heavy (non-hydrogen) atoms. The van der Waals surface area contributed by atoms with Gasteiger partial charge in [-0.3, -0.25) is 4.79 Å². The molecule has 2 aromatic rings. The number of aryl methyl sites for hydroxylation is 1. The number of hydrogen-bond donors (Lipinski definition) is 1. The van der Waals surface area contributed by atoms with Crippen LogP contribution in [0.4, 0.5) is 0 Å². The molecule has 3 nitrogen and oxygen atoms in total. The van der Waals surface area contributed by atoms with E-state index in [1.807, 2.05) is 0 Å². The van der Waals surface area contributed by atoms with Gasteiger partial charge in [-0.15, -0.1) is 11.3 Å². The number of carbonyl (C=O) groups excluding carboxylic acids is 1. The molecule has 0 saturated heterocycles. The van der Waals surface area contributed by atoms with E-state index in [0.717, 1.165) is 29.5 Å². The number of nitrogens with one attached hydrogen (secondary N) is 1. The topological polar surface area (TPSA) is 38.3 Å². The Balaban J connectivity index is 1.77. The number of amides is 1. The summed E-state index contributed by atoms with van der Waals surface area (Å²) >= 11 is 5.20. The fraction of sp³-hybridized carbons (Fsp3) is 0.312. The molecule has 1 unspecified atom stereocenters. The van der Waals surface area contributed by atoms with Crippen LogP contribution in [0, 0.1) is 0 Å². The molecule has 1 aliphatic rings. The molecule has 0 aliphatic heterocycles. The fourth-order valence-electron chi connectivity index (χ4n) is 2.69. The number of halogens is 1. The molecule has 1 heterocycles. The number of benzene rings is 1. The van der Waals surface area contributed by atoms with Gasteiger partial charge in [0, 0.05) is 10.4 Å². The lowest BCUT2D eigenvalue weighted by Crippen LogP contribution is -2.30. The summed E-state index contributed by atoms with van der Waals surface area (Å²) < 4.78 is 5.98. The van der Waals surface area contributed by atoms with E-state index in [1.54, 1.807) is 36.6 Å². The van der Waals surface area contributed by atoms with Gasteiger partial charge in [-0.2, -0.15) is 0 Å². The second-order valence-electron chi connectivity index (χ2n) is 5.07. The summed E-state index contributed by atoms with van der Waals surface area (Å²) in [6.45, 7) is 0. The molecule has 0 spiro atoms. The number of methoxy groups -OCH3 is 1. The van der Waals surface area contributed by atoms with Crippen LogP contribution in [-0.2, 0) is 6.42 Å². The largest absolute Gasteiger partial charge is 0.496 e. The minimum absolute atomic E-state index is 0.0394. The molecule has 1 aromatic carbocycles. The lowest BCUT2D eigenvalue weighted by atomic mass is 9.94. The van der Waals surface area contributed by atoms with Crippen molar-refractivity contribution < 1.29 is 9.53 Å². The SMILES string of the molecule is COc1ccc(C(=O)NC2CCCc3sccc32)cc1Br. The highest BCUT2D eigenvalue weighted by Crippen LogP contribution is 2.33. The van der Waals surface area contributed by atoms with Crippen molar-refractivity contribution in [2.24, 2.45) is 0 Å². The number of carbonyl (C=O) groups is 1. The molecule has 5 heteroatoms. The Bertz CT molecular complexity index is 668. The number of hydrogen-bond acceptors (Lipinski definition) is 3. The summed E-state index contributed by atoms with van der Waals surface area (Å²) in [4.78, 5) is 13.8. The van der Waals surface area contributed by atoms with E-state index in [4.69, 9.17) is 4.74 Å². The first-order chi connectivity index (χ1) is 10.2. The second kappa shape index (κ2) is 6.20. The van der Waals surface area contributed by atoms with Crippen molar-refractivity contribution in [1.82, 2.24) is 5.32 Å². The highest BCUT2D eigenvalue weighted by atomic mass is 79.9. The molecule has 0 bridgehead atoms. The maximum atomic E-state index is 12.4. The van der Waals surface area contributed by atoms with Gasteiger partial charge in [0.1, 0.15) is 5.75 Å². The summed E-state index contributed by atoms with van der Waals surface area (Å²) in [5.41, 5.74) is 1.93. The van der Waals surface area contributed by atoms with Crippen LogP contribution in [0.1, 0.15) is 39.7 Å². The molecule has 3 rings (SSSR count). The molecule has 1 aromatic heterocycles. The van der Waals surface area contributed by atoms with Crippen molar-refractivity contribution in [3.05, 3.63) is 50.1 Å². The number of thiophene rings is 1. The van der Waals surface area contributed by atoms with Crippen LogP contribution in [-0.4, -0.2) is 13.0 Å².